The molecule has 31 heavy (non-hydrogen) atoms. The Labute approximate surface area is 187 Å². The summed E-state index contributed by atoms with van der Waals surface area (Å²) in [6.07, 6.45) is 15.6. The maximum absolute atomic E-state index is 12.8. The molecule has 4 rings (SSSR count). The van der Waals surface area contributed by atoms with E-state index in [2.05, 4.69) is 10.3 Å². The van der Waals surface area contributed by atoms with Crippen molar-refractivity contribution in [2.45, 2.75) is 56.2 Å². The van der Waals surface area contributed by atoms with Gasteiger partial charge in [-0.2, -0.15) is 0 Å². The predicted molar refractivity (Wildman–Crippen MR) is 126 cm³/mol. The monoisotopic (exact) mass is 436 g/mol. The molecule has 0 radical (unpaired) electrons. The second-order valence-electron chi connectivity index (χ2n) is 8.14. The number of fused-ring (bicyclic) bond motifs is 1. The SMILES string of the molecule is COc1cccc(/C=C2/SC3C=CC(C(=O)NC4CCCCCCC4)=CC3=NC2=O)c1. The average molecular weight is 437 g/mol. The molecule has 0 spiro atoms. The van der Waals surface area contributed by atoms with Gasteiger partial charge in [0.1, 0.15) is 5.75 Å². The first kappa shape index (κ1) is 21.6. The van der Waals surface area contributed by atoms with E-state index in [1.54, 1.807) is 13.2 Å². The third kappa shape index (κ3) is 5.56. The topological polar surface area (TPSA) is 67.8 Å². The van der Waals surface area contributed by atoms with Gasteiger partial charge in [-0.05, 0) is 42.7 Å². The minimum atomic E-state index is -0.273. The zero-order chi connectivity index (χ0) is 21.6. The molecule has 1 saturated carbocycles. The van der Waals surface area contributed by atoms with E-state index < -0.39 is 0 Å². The molecule has 6 heteroatoms. The van der Waals surface area contributed by atoms with Gasteiger partial charge in [0.15, 0.2) is 0 Å². The zero-order valence-electron chi connectivity index (χ0n) is 17.8. The second-order valence-corrected chi connectivity index (χ2v) is 9.32. The van der Waals surface area contributed by atoms with Crippen LogP contribution in [0, 0.1) is 0 Å². The number of carbonyl (C=O) groups is 2. The number of ether oxygens (including phenoxy) is 1. The summed E-state index contributed by atoms with van der Waals surface area (Å²) in [6.45, 7) is 0. The number of methoxy groups -OCH3 is 1. The zero-order valence-corrected chi connectivity index (χ0v) is 18.6. The third-order valence-corrected chi connectivity index (χ3v) is 7.03. The Morgan fingerprint density at radius 1 is 1.19 bits per heavy atom. The molecule has 1 N–H and O–H groups in total. The highest BCUT2D eigenvalue weighted by Gasteiger charge is 2.28. The molecule has 0 aromatic heterocycles. The fraction of sp³-hybridized carbons (Fsp3) is 0.400. The molecular weight excluding hydrogens is 408 g/mol. The van der Waals surface area contributed by atoms with Crippen molar-refractivity contribution in [2.75, 3.05) is 7.11 Å². The predicted octanol–water partition coefficient (Wildman–Crippen LogP) is 4.84. The van der Waals surface area contributed by atoms with Crippen molar-refractivity contribution in [3.63, 3.8) is 0 Å². The van der Waals surface area contributed by atoms with E-state index >= 15 is 0 Å². The van der Waals surface area contributed by atoms with Crippen LogP contribution in [0.25, 0.3) is 6.08 Å². The molecule has 1 fully saturated rings. The number of hydrogen-bond acceptors (Lipinski definition) is 4. The lowest BCUT2D eigenvalue weighted by molar-refractivity contribution is -0.118. The molecule has 2 amide bonds. The van der Waals surface area contributed by atoms with Gasteiger partial charge >= 0.3 is 0 Å². The minimum Gasteiger partial charge on any atom is -0.497 e. The Morgan fingerprint density at radius 3 is 2.74 bits per heavy atom. The Bertz CT molecular complexity index is 969. The average Bonchev–Trinajstić information content (AvgIpc) is 2.76. The highest BCUT2D eigenvalue weighted by molar-refractivity contribution is 8.05. The van der Waals surface area contributed by atoms with Crippen LogP contribution >= 0.6 is 11.8 Å². The van der Waals surface area contributed by atoms with Crippen LogP contribution in [0.2, 0.25) is 0 Å². The first-order valence-electron chi connectivity index (χ1n) is 11.0. The molecule has 0 bridgehead atoms. The van der Waals surface area contributed by atoms with Gasteiger partial charge in [-0.3, -0.25) is 9.59 Å². The molecule has 3 aliphatic rings. The lowest BCUT2D eigenvalue weighted by atomic mass is 9.96. The van der Waals surface area contributed by atoms with Gasteiger partial charge in [0, 0.05) is 11.6 Å². The number of nitrogens with zero attached hydrogens (tertiary/aromatic N) is 1. The molecule has 0 saturated heterocycles. The van der Waals surface area contributed by atoms with Crippen LogP contribution in [0.5, 0.6) is 5.75 Å². The number of hydrogen-bond donors (Lipinski definition) is 1. The number of allylic oxidation sites excluding steroid dienone is 1. The number of carbonyl (C=O) groups excluding carboxylic acids is 2. The van der Waals surface area contributed by atoms with Crippen LogP contribution in [0.3, 0.4) is 0 Å². The maximum atomic E-state index is 12.8. The fourth-order valence-electron chi connectivity index (χ4n) is 4.12. The van der Waals surface area contributed by atoms with Crippen molar-refractivity contribution in [3.8, 4) is 5.75 Å². The molecule has 1 aromatic carbocycles. The molecule has 2 aliphatic carbocycles. The van der Waals surface area contributed by atoms with Crippen LogP contribution in [0.1, 0.15) is 50.5 Å². The first-order valence-corrected chi connectivity index (χ1v) is 11.9. The van der Waals surface area contributed by atoms with Crippen LogP contribution < -0.4 is 10.1 Å². The van der Waals surface area contributed by atoms with Crippen LogP contribution in [0.15, 0.2) is 58.0 Å². The van der Waals surface area contributed by atoms with Gasteiger partial charge in [-0.15, -0.1) is 11.8 Å². The molecule has 162 valence electrons. The number of amides is 2. The molecular formula is C25H28N2O3S. The molecule has 1 heterocycles. The summed E-state index contributed by atoms with van der Waals surface area (Å²) in [6, 6.07) is 7.81. The van der Waals surface area contributed by atoms with E-state index in [1.165, 1.54) is 43.9 Å². The quantitative estimate of drug-likeness (QED) is 0.686. The van der Waals surface area contributed by atoms with Crippen LogP contribution in [-0.2, 0) is 9.59 Å². The Hall–Kier alpha value is -2.60. The lowest BCUT2D eigenvalue weighted by Crippen LogP contribution is -2.37. The Morgan fingerprint density at radius 2 is 1.97 bits per heavy atom. The fourth-order valence-corrected chi connectivity index (χ4v) is 5.15. The molecule has 1 unspecified atom stereocenters. The van der Waals surface area contributed by atoms with Crippen molar-refractivity contribution < 1.29 is 14.3 Å². The lowest BCUT2D eigenvalue weighted by Gasteiger charge is -2.24. The van der Waals surface area contributed by atoms with E-state index in [0.29, 0.717) is 16.2 Å². The summed E-state index contributed by atoms with van der Waals surface area (Å²) >= 11 is 1.46. The number of nitrogens with one attached hydrogen (secondary N) is 1. The summed E-state index contributed by atoms with van der Waals surface area (Å²) in [5.41, 5.74) is 2.11. The highest BCUT2D eigenvalue weighted by Crippen LogP contribution is 2.34. The van der Waals surface area contributed by atoms with Crippen molar-refractivity contribution in [2.24, 2.45) is 4.99 Å². The van der Waals surface area contributed by atoms with Gasteiger partial charge in [0.25, 0.3) is 11.8 Å². The summed E-state index contributed by atoms with van der Waals surface area (Å²) < 4.78 is 5.25. The van der Waals surface area contributed by atoms with Gasteiger partial charge in [-0.1, -0.05) is 56.4 Å². The van der Waals surface area contributed by atoms with E-state index in [9.17, 15) is 9.59 Å². The van der Waals surface area contributed by atoms with Crippen molar-refractivity contribution in [1.82, 2.24) is 5.32 Å². The van der Waals surface area contributed by atoms with E-state index in [4.69, 9.17) is 4.74 Å². The van der Waals surface area contributed by atoms with Crippen LogP contribution in [-0.4, -0.2) is 35.9 Å². The van der Waals surface area contributed by atoms with Gasteiger partial charge < -0.3 is 10.1 Å². The molecule has 1 atom stereocenters. The Balaban J connectivity index is 1.46. The molecule has 1 aromatic rings. The van der Waals surface area contributed by atoms with Gasteiger partial charge in [0.05, 0.1) is 23.0 Å². The number of benzene rings is 1. The van der Waals surface area contributed by atoms with E-state index in [-0.39, 0.29) is 23.1 Å². The minimum absolute atomic E-state index is 0.0625. The van der Waals surface area contributed by atoms with Crippen molar-refractivity contribution in [3.05, 3.63) is 58.5 Å². The second kappa shape index (κ2) is 10.1. The normalized spacial score (nSPS) is 23.3. The summed E-state index contributed by atoms with van der Waals surface area (Å²) in [7, 11) is 1.62. The summed E-state index contributed by atoms with van der Waals surface area (Å²) in [5, 5.41) is 3.12. The Kier molecular flexibility index (Phi) is 7.07. The summed E-state index contributed by atoms with van der Waals surface area (Å²) in [5.74, 6) is 0.399. The number of aliphatic imine (C=N–C) groups is 1. The van der Waals surface area contributed by atoms with Gasteiger partial charge in [0.2, 0.25) is 0 Å². The smallest absolute Gasteiger partial charge is 0.283 e. The highest BCUT2D eigenvalue weighted by atomic mass is 32.2. The van der Waals surface area contributed by atoms with E-state index in [1.807, 2.05) is 42.5 Å². The number of thioether (sulfide) groups is 1. The van der Waals surface area contributed by atoms with Crippen molar-refractivity contribution in [1.29, 1.82) is 0 Å². The van der Waals surface area contributed by atoms with Crippen LogP contribution in [0.4, 0.5) is 0 Å². The largest absolute Gasteiger partial charge is 0.497 e. The van der Waals surface area contributed by atoms with E-state index in [0.717, 1.165) is 24.2 Å². The maximum Gasteiger partial charge on any atom is 0.283 e. The number of rotatable bonds is 4. The third-order valence-electron chi connectivity index (χ3n) is 5.83. The van der Waals surface area contributed by atoms with Crippen molar-refractivity contribution >= 4 is 35.4 Å². The summed E-state index contributed by atoms with van der Waals surface area (Å²) in [4.78, 5) is 30.3. The first-order chi connectivity index (χ1) is 15.1. The molecule has 1 aliphatic heterocycles. The molecule has 5 nitrogen and oxygen atoms in total. The van der Waals surface area contributed by atoms with Gasteiger partial charge in [-0.25, -0.2) is 4.99 Å². The standard InChI is InChI=1S/C25H28N2O3S/c1-30-20-11-7-8-17(14-20)15-23-25(29)27-21-16-18(12-13-22(21)31-23)24(28)26-19-9-5-3-2-4-6-10-19/h7-8,11-16,19,22H,2-6,9-10H2,1H3,(H,26,28)/b23-15+.